The van der Waals surface area contributed by atoms with Crippen molar-refractivity contribution in [1.82, 2.24) is 20.1 Å². The number of benzene rings is 1. The highest BCUT2D eigenvalue weighted by molar-refractivity contribution is 7.89. The van der Waals surface area contributed by atoms with E-state index >= 15 is 0 Å². The predicted molar refractivity (Wildman–Crippen MR) is 137 cm³/mol. The Morgan fingerprint density at radius 1 is 1.06 bits per heavy atom. The highest BCUT2D eigenvalue weighted by atomic mass is 32.2. The summed E-state index contributed by atoms with van der Waals surface area (Å²) >= 11 is 1.33. The number of sulfonamides is 1. The third-order valence-corrected chi connectivity index (χ3v) is 9.44. The molecule has 2 aliphatic heterocycles. The third kappa shape index (κ3) is 5.61. The number of nitrogens with zero attached hydrogens (tertiary/aromatic N) is 2. The molecule has 1 fully saturated rings. The Balaban J connectivity index is 1.55. The minimum Gasteiger partial charge on any atom is -0.313 e. The van der Waals surface area contributed by atoms with E-state index in [1.807, 2.05) is 14.0 Å². The maximum Gasteiger partial charge on any atom is 0.272 e. The molecule has 2 aromatic rings. The SMILES string of the molecule is CC(=O)NNC(=O)c1c(NC(=O)c2ccc(S(=O)(=O)N3CCCC(C)C3)cc2)sc2c1CCN(C)C2. The van der Waals surface area contributed by atoms with Gasteiger partial charge >= 0.3 is 0 Å². The highest BCUT2D eigenvalue weighted by Crippen LogP contribution is 2.37. The molecule has 3 N–H and O–H groups in total. The van der Waals surface area contributed by atoms with Crippen LogP contribution < -0.4 is 16.2 Å². The van der Waals surface area contributed by atoms with E-state index in [9.17, 15) is 22.8 Å². The number of amides is 3. The van der Waals surface area contributed by atoms with E-state index in [0.717, 1.165) is 29.8 Å². The third-order valence-electron chi connectivity index (χ3n) is 6.43. The summed E-state index contributed by atoms with van der Waals surface area (Å²) in [4.78, 5) is 40.5. The molecule has 0 spiro atoms. The van der Waals surface area contributed by atoms with Crippen molar-refractivity contribution in [2.24, 2.45) is 5.92 Å². The zero-order chi connectivity index (χ0) is 26.0. The van der Waals surface area contributed by atoms with Crippen LogP contribution in [0.15, 0.2) is 29.2 Å². The summed E-state index contributed by atoms with van der Waals surface area (Å²) in [5.41, 5.74) is 6.15. The van der Waals surface area contributed by atoms with E-state index in [-0.39, 0.29) is 10.5 Å². The predicted octanol–water partition coefficient (Wildman–Crippen LogP) is 2.19. The number of likely N-dealkylation sites (N-methyl/N-ethyl adjacent to an activating group) is 1. The molecule has 0 aliphatic carbocycles. The van der Waals surface area contributed by atoms with Gasteiger partial charge < -0.3 is 10.2 Å². The summed E-state index contributed by atoms with van der Waals surface area (Å²) in [5.74, 6) is -1.05. The summed E-state index contributed by atoms with van der Waals surface area (Å²) in [5, 5.41) is 3.21. The first-order chi connectivity index (χ1) is 17.1. The van der Waals surface area contributed by atoms with Gasteiger partial charge in [0.15, 0.2) is 0 Å². The quantitative estimate of drug-likeness (QED) is 0.506. The normalized spacial score (nSPS) is 18.8. The maximum absolute atomic E-state index is 13.1. The second-order valence-corrected chi connectivity index (χ2v) is 12.5. The summed E-state index contributed by atoms with van der Waals surface area (Å²) in [6.07, 6.45) is 2.49. The van der Waals surface area contributed by atoms with Gasteiger partial charge in [-0.05, 0) is 62.1 Å². The second kappa shape index (κ2) is 10.7. The van der Waals surface area contributed by atoms with Crippen molar-refractivity contribution in [3.8, 4) is 0 Å². The monoisotopic (exact) mass is 533 g/mol. The molecule has 10 nitrogen and oxygen atoms in total. The van der Waals surface area contributed by atoms with Gasteiger partial charge in [-0.25, -0.2) is 8.42 Å². The van der Waals surface area contributed by atoms with Gasteiger partial charge in [0, 0.05) is 43.5 Å². The van der Waals surface area contributed by atoms with Gasteiger partial charge in [0.1, 0.15) is 5.00 Å². The molecule has 4 rings (SSSR count). The van der Waals surface area contributed by atoms with Gasteiger partial charge in [0.05, 0.1) is 10.5 Å². The lowest BCUT2D eigenvalue weighted by Crippen LogP contribution is -2.41. The van der Waals surface area contributed by atoms with Crippen LogP contribution in [-0.4, -0.2) is 62.0 Å². The van der Waals surface area contributed by atoms with Crippen molar-refractivity contribution >= 4 is 44.1 Å². The summed E-state index contributed by atoms with van der Waals surface area (Å²) in [7, 11) is -1.64. The first-order valence-corrected chi connectivity index (χ1v) is 14.1. The Labute approximate surface area is 215 Å². The Kier molecular flexibility index (Phi) is 7.79. The van der Waals surface area contributed by atoms with Gasteiger partial charge in [-0.15, -0.1) is 11.3 Å². The van der Waals surface area contributed by atoms with Gasteiger partial charge in [0.2, 0.25) is 15.9 Å². The van der Waals surface area contributed by atoms with Crippen molar-refractivity contribution in [3.63, 3.8) is 0 Å². The zero-order valence-electron chi connectivity index (χ0n) is 20.6. The van der Waals surface area contributed by atoms with Gasteiger partial charge in [-0.2, -0.15) is 4.31 Å². The van der Waals surface area contributed by atoms with Crippen LogP contribution in [0.3, 0.4) is 0 Å². The molecule has 36 heavy (non-hydrogen) atoms. The van der Waals surface area contributed by atoms with Crippen molar-refractivity contribution in [3.05, 3.63) is 45.8 Å². The van der Waals surface area contributed by atoms with E-state index in [1.165, 1.54) is 46.8 Å². The number of fused-ring (bicyclic) bond motifs is 1. The van der Waals surface area contributed by atoms with E-state index in [4.69, 9.17) is 0 Å². The summed E-state index contributed by atoms with van der Waals surface area (Å²) in [6.45, 7) is 5.74. The van der Waals surface area contributed by atoms with E-state index in [1.54, 1.807) is 0 Å². The Morgan fingerprint density at radius 3 is 2.44 bits per heavy atom. The number of rotatable bonds is 5. The van der Waals surface area contributed by atoms with Gasteiger partial charge in [-0.1, -0.05) is 6.92 Å². The Hall–Kier alpha value is -2.80. The minimum atomic E-state index is -3.62. The van der Waals surface area contributed by atoms with Crippen LogP contribution in [0.2, 0.25) is 0 Å². The number of hydrogen-bond acceptors (Lipinski definition) is 7. The highest BCUT2D eigenvalue weighted by Gasteiger charge is 2.30. The molecule has 194 valence electrons. The van der Waals surface area contributed by atoms with Crippen LogP contribution in [0.1, 0.15) is 57.8 Å². The summed E-state index contributed by atoms with van der Waals surface area (Å²) < 4.78 is 27.5. The standard InChI is InChI=1S/C24H31N5O5S2/c1-15-5-4-11-29(13-15)36(33,34)18-8-6-17(7-9-18)22(31)25-24-21(23(32)27-26-16(2)30)19-10-12-28(3)14-20(19)35-24/h6-9,15H,4-5,10-14H2,1-3H3,(H,25,31)(H,26,30)(H,27,32). The van der Waals surface area contributed by atoms with Crippen LogP contribution in [0, 0.1) is 5.92 Å². The van der Waals surface area contributed by atoms with Gasteiger partial charge in [-0.3, -0.25) is 25.2 Å². The number of thiophene rings is 1. The van der Waals surface area contributed by atoms with Crippen LogP contribution in [0.25, 0.3) is 0 Å². The maximum atomic E-state index is 13.1. The average molecular weight is 534 g/mol. The molecule has 1 atom stereocenters. The molecule has 2 aliphatic rings. The van der Waals surface area contributed by atoms with Crippen LogP contribution in [0.4, 0.5) is 5.00 Å². The van der Waals surface area contributed by atoms with Crippen molar-refractivity contribution < 1.29 is 22.8 Å². The number of hydrazine groups is 1. The van der Waals surface area contributed by atoms with Crippen LogP contribution in [-0.2, 0) is 27.8 Å². The molecule has 12 heteroatoms. The molecule has 1 aromatic heterocycles. The number of nitrogens with one attached hydrogen (secondary N) is 3. The first kappa shape index (κ1) is 26.3. The Bertz CT molecular complexity index is 1270. The minimum absolute atomic E-state index is 0.151. The van der Waals surface area contributed by atoms with E-state index < -0.39 is 27.7 Å². The fourth-order valence-corrected chi connectivity index (χ4v) is 7.45. The van der Waals surface area contributed by atoms with Crippen molar-refractivity contribution in [1.29, 1.82) is 0 Å². The number of piperidine rings is 1. The molecule has 0 saturated carbocycles. The first-order valence-electron chi connectivity index (χ1n) is 11.9. The van der Waals surface area contributed by atoms with Crippen LogP contribution >= 0.6 is 11.3 Å². The molecule has 3 amide bonds. The molecule has 1 aromatic carbocycles. The molecule has 1 saturated heterocycles. The summed E-state index contributed by atoms with van der Waals surface area (Å²) in [6, 6.07) is 5.85. The lowest BCUT2D eigenvalue weighted by atomic mass is 10.0. The van der Waals surface area contributed by atoms with Gasteiger partial charge in [0.25, 0.3) is 11.8 Å². The topological polar surface area (TPSA) is 128 Å². The second-order valence-electron chi connectivity index (χ2n) is 9.42. The molecule has 3 heterocycles. The number of hydrogen-bond donors (Lipinski definition) is 3. The smallest absolute Gasteiger partial charge is 0.272 e. The van der Waals surface area contributed by atoms with Crippen molar-refractivity contribution in [2.45, 2.75) is 44.6 Å². The fraction of sp³-hybridized carbons (Fsp3) is 0.458. The number of carbonyl (C=O) groups excluding carboxylic acids is 3. The Morgan fingerprint density at radius 2 is 1.78 bits per heavy atom. The van der Waals surface area contributed by atoms with E-state index in [0.29, 0.717) is 42.5 Å². The molecular formula is C24H31N5O5S2. The lowest BCUT2D eigenvalue weighted by molar-refractivity contribution is -0.119. The van der Waals surface area contributed by atoms with E-state index in [2.05, 4.69) is 21.1 Å². The molecular weight excluding hydrogens is 502 g/mol. The molecule has 1 unspecified atom stereocenters. The lowest BCUT2D eigenvalue weighted by Gasteiger charge is -2.30. The van der Waals surface area contributed by atoms with Crippen LogP contribution in [0.5, 0.6) is 0 Å². The fourth-order valence-electron chi connectivity index (χ4n) is 4.53. The zero-order valence-corrected chi connectivity index (χ0v) is 22.2. The van der Waals surface area contributed by atoms with Crippen molar-refractivity contribution in [2.75, 3.05) is 32.0 Å². The number of carbonyl (C=O) groups is 3. The molecule has 0 bridgehead atoms. The number of anilines is 1. The average Bonchev–Trinajstić information content (AvgIpc) is 3.19. The molecule has 0 radical (unpaired) electrons. The largest absolute Gasteiger partial charge is 0.313 e.